The molecule has 0 heterocycles. The average Bonchev–Trinajstić information content (AvgIpc) is 2.76. The number of thioether (sulfide) groups is 1. The number of aryl methyl sites for hydroxylation is 2. The highest BCUT2D eigenvalue weighted by Crippen LogP contribution is 2.22. The zero-order valence-corrected chi connectivity index (χ0v) is 19.8. The molecule has 0 aliphatic heterocycles. The predicted molar refractivity (Wildman–Crippen MR) is 131 cm³/mol. The van der Waals surface area contributed by atoms with Crippen molar-refractivity contribution in [1.29, 1.82) is 0 Å². The van der Waals surface area contributed by atoms with E-state index in [0.717, 1.165) is 22.4 Å². The molecule has 1 amide bonds. The molecule has 3 rings (SSSR count). The van der Waals surface area contributed by atoms with Crippen LogP contribution in [0.3, 0.4) is 0 Å². The van der Waals surface area contributed by atoms with E-state index in [4.69, 9.17) is 4.74 Å². The molecule has 0 bridgehead atoms. The van der Waals surface area contributed by atoms with E-state index in [1.807, 2.05) is 50.2 Å². The average molecular weight is 471 g/mol. The second-order valence-corrected chi connectivity index (χ2v) is 10.0. The molecule has 8 heteroatoms. The largest absolute Gasteiger partial charge is 0.497 e. The van der Waals surface area contributed by atoms with Crippen molar-refractivity contribution in [3.63, 3.8) is 0 Å². The molecule has 0 unspecified atom stereocenters. The van der Waals surface area contributed by atoms with Crippen molar-refractivity contribution in [3.8, 4) is 5.75 Å². The van der Waals surface area contributed by atoms with Gasteiger partial charge in [0.2, 0.25) is 5.91 Å². The van der Waals surface area contributed by atoms with Gasteiger partial charge in [-0.1, -0.05) is 29.8 Å². The lowest BCUT2D eigenvalue weighted by Crippen LogP contribution is -2.15. The number of methoxy groups -OCH3 is 1. The van der Waals surface area contributed by atoms with Crippen LogP contribution in [0.5, 0.6) is 5.75 Å². The summed E-state index contributed by atoms with van der Waals surface area (Å²) in [5, 5.41) is 2.80. The fourth-order valence-corrected chi connectivity index (χ4v) is 4.95. The number of sulfonamides is 1. The Bertz CT molecular complexity index is 1180. The van der Waals surface area contributed by atoms with Crippen LogP contribution >= 0.6 is 11.8 Å². The van der Waals surface area contributed by atoms with Crippen molar-refractivity contribution >= 4 is 39.1 Å². The van der Waals surface area contributed by atoms with Gasteiger partial charge in [-0.2, -0.15) is 0 Å². The zero-order chi connectivity index (χ0) is 23.1. The third-order valence-corrected chi connectivity index (χ3v) is 7.12. The molecule has 0 saturated heterocycles. The Morgan fingerprint density at radius 2 is 1.66 bits per heavy atom. The quantitative estimate of drug-likeness (QED) is 0.461. The first-order valence-corrected chi connectivity index (χ1v) is 12.6. The molecule has 2 N–H and O–H groups in total. The van der Waals surface area contributed by atoms with E-state index in [2.05, 4.69) is 10.0 Å². The highest BCUT2D eigenvalue weighted by molar-refractivity contribution is 7.99. The molecule has 6 nitrogen and oxygen atoms in total. The van der Waals surface area contributed by atoms with Gasteiger partial charge in [-0.25, -0.2) is 8.42 Å². The number of carbonyl (C=O) groups is 1. The number of hydrogen-bond donors (Lipinski definition) is 2. The molecule has 32 heavy (non-hydrogen) atoms. The van der Waals surface area contributed by atoms with Crippen LogP contribution in [0.2, 0.25) is 0 Å². The maximum atomic E-state index is 12.7. The van der Waals surface area contributed by atoms with Crippen molar-refractivity contribution in [2.75, 3.05) is 22.9 Å². The maximum Gasteiger partial charge on any atom is 0.261 e. The van der Waals surface area contributed by atoms with E-state index in [9.17, 15) is 13.2 Å². The molecule has 0 aliphatic rings. The normalized spacial score (nSPS) is 11.1. The summed E-state index contributed by atoms with van der Waals surface area (Å²) >= 11 is 1.50. The molecule has 0 atom stereocenters. The van der Waals surface area contributed by atoms with Gasteiger partial charge in [-0.15, -0.1) is 11.8 Å². The molecule has 3 aromatic rings. The van der Waals surface area contributed by atoms with Crippen LogP contribution in [0.25, 0.3) is 0 Å². The minimum Gasteiger partial charge on any atom is -0.497 e. The monoisotopic (exact) mass is 470 g/mol. The summed E-state index contributed by atoms with van der Waals surface area (Å²) in [6, 6.07) is 19.4. The summed E-state index contributed by atoms with van der Waals surface area (Å²) in [6.07, 6.45) is 0. The standard InChI is InChI=1S/C24H26N2O4S2/c1-17-4-13-23(18(2)14-17)26-32(28,29)22-11-7-20(8-12-22)25-24(27)16-31-15-19-5-9-21(30-3)10-6-19/h4-14,26H,15-16H2,1-3H3,(H,25,27). The second-order valence-electron chi connectivity index (χ2n) is 7.34. The summed E-state index contributed by atoms with van der Waals surface area (Å²) in [4.78, 5) is 12.3. The predicted octanol–water partition coefficient (Wildman–Crippen LogP) is 4.98. The number of benzene rings is 3. The van der Waals surface area contributed by atoms with E-state index in [1.54, 1.807) is 25.3 Å². The summed E-state index contributed by atoms with van der Waals surface area (Å²) < 4.78 is 33.1. The van der Waals surface area contributed by atoms with Crippen LogP contribution < -0.4 is 14.8 Å². The number of ether oxygens (including phenoxy) is 1. The number of carbonyl (C=O) groups excluding carboxylic acids is 1. The number of amides is 1. The molecule has 0 aliphatic carbocycles. The molecule has 0 fully saturated rings. The first-order chi connectivity index (χ1) is 15.3. The van der Waals surface area contributed by atoms with Crippen molar-refractivity contribution < 1.29 is 17.9 Å². The van der Waals surface area contributed by atoms with Gasteiger partial charge in [0, 0.05) is 11.4 Å². The summed E-state index contributed by atoms with van der Waals surface area (Å²) in [5.41, 5.74) is 4.11. The molecule has 0 spiro atoms. The van der Waals surface area contributed by atoms with Crippen molar-refractivity contribution in [1.82, 2.24) is 0 Å². The zero-order valence-electron chi connectivity index (χ0n) is 18.2. The van der Waals surface area contributed by atoms with E-state index in [1.165, 1.54) is 23.9 Å². The number of rotatable bonds is 9. The Morgan fingerprint density at radius 3 is 2.28 bits per heavy atom. The first-order valence-electron chi connectivity index (χ1n) is 9.97. The van der Waals surface area contributed by atoms with Gasteiger partial charge in [0.25, 0.3) is 10.0 Å². The van der Waals surface area contributed by atoms with Crippen molar-refractivity contribution in [2.24, 2.45) is 0 Å². The van der Waals surface area contributed by atoms with Crippen LogP contribution in [0, 0.1) is 13.8 Å². The molecule has 0 aromatic heterocycles. The maximum absolute atomic E-state index is 12.7. The summed E-state index contributed by atoms with van der Waals surface area (Å²) in [7, 11) is -2.10. The van der Waals surface area contributed by atoms with Gasteiger partial charge >= 0.3 is 0 Å². The van der Waals surface area contributed by atoms with Crippen molar-refractivity contribution in [3.05, 3.63) is 83.4 Å². The van der Waals surface area contributed by atoms with Crippen LogP contribution in [0.4, 0.5) is 11.4 Å². The molecule has 0 saturated carbocycles. The second kappa shape index (κ2) is 10.6. The van der Waals surface area contributed by atoms with Crippen LogP contribution in [0.15, 0.2) is 71.6 Å². The number of hydrogen-bond acceptors (Lipinski definition) is 5. The molecule has 0 radical (unpaired) electrons. The number of nitrogens with one attached hydrogen (secondary N) is 2. The third kappa shape index (κ3) is 6.51. The van der Waals surface area contributed by atoms with Crippen LogP contribution in [0.1, 0.15) is 16.7 Å². The SMILES string of the molecule is COc1ccc(CSCC(=O)Nc2ccc(S(=O)(=O)Nc3ccc(C)cc3C)cc2)cc1. The Kier molecular flexibility index (Phi) is 7.82. The lowest BCUT2D eigenvalue weighted by atomic mass is 10.1. The van der Waals surface area contributed by atoms with Gasteiger partial charge in [-0.05, 0) is 67.4 Å². The van der Waals surface area contributed by atoms with E-state index in [-0.39, 0.29) is 10.8 Å². The minimum absolute atomic E-state index is 0.129. The van der Waals surface area contributed by atoms with E-state index >= 15 is 0 Å². The molecular formula is C24H26N2O4S2. The van der Waals surface area contributed by atoms with Crippen LogP contribution in [-0.4, -0.2) is 27.2 Å². The highest BCUT2D eigenvalue weighted by atomic mass is 32.2. The minimum atomic E-state index is -3.72. The first kappa shape index (κ1) is 23.7. The Balaban J connectivity index is 1.53. The molecule has 168 valence electrons. The van der Waals surface area contributed by atoms with E-state index in [0.29, 0.717) is 22.9 Å². The molecular weight excluding hydrogens is 444 g/mol. The van der Waals surface area contributed by atoms with Crippen molar-refractivity contribution in [2.45, 2.75) is 24.5 Å². The number of anilines is 2. The van der Waals surface area contributed by atoms with Gasteiger partial charge in [0.05, 0.1) is 23.4 Å². The molecule has 3 aromatic carbocycles. The van der Waals surface area contributed by atoms with E-state index < -0.39 is 10.0 Å². The Morgan fingerprint density at radius 1 is 0.969 bits per heavy atom. The third-order valence-electron chi connectivity index (χ3n) is 4.74. The van der Waals surface area contributed by atoms with Crippen LogP contribution in [-0.2, 0) is 20.6 Å². The lowest BCUT2D eigenvalue weighted by Gasteiger charge is -2.12. The topological polar surface area (TPSA) is 84.5 Å². The Labute approximate surface area is 193 Å². The summed E-state index contributed by atoms with van der Waals surface area (Å²) in [6.45, 7) is 3.81. The fraction of sp³-hybridized carbons (Fsp3) is 0.208. The van der Waals surface area contributed by atoms with Gasteiger partial charge in [-0.3, -0.25) is 9.52 Å². The fourth-order valence-electron chi connectivity index (χ4n) is 3.03. The Hall–Kier alpha value is -2.97. The van der Waals surface area contributed by atoms with Gasteiger partial charge in [0.1, 0.15) is 5.75 Å². The van der Waals surface area contributed by atoms with Gasteiger partial charge < -0.3 is 10.1 Å². The highest BCUT2D eigenvalue weighted by Gasteiger charge is 2.15. The lowest BCUT2D eigenvalue weighted by molar-refractivity contribution is -0.113. The summed E-state index contributed by atoms with van der Waals surface area (Å²) in [5.74, 6) is 1.65. The smallest absolute Gasteiger partial charge is 0.261 e. The van der Waals surface area contributed by atoms with Gasteiger partial charge in [0.15, 0.2) is 0 Å².